The minimum atomic E-state index is -0.450. The van der Waals surface area contributed by atoms with E-state index in [1.165, 1.54) is 12.7 Å². The van der Waals surface area contributed by atoms with E-state index in [-0.39, 0.29) is 5.76 Å². The van der Waals surface area contributed by atoms with Crippen LogP contribution in [0.15, 0.2) is 23.8 Å². The van der Waals surface area contributed by atoms with Gasteiger partial charge in [-0.05, 0) is 24.5 Å². The van der Waals surface area contributed by atoms with E-state index in [4.69, 9.17) is 4.74 Å². The van der Waals surface area contributed by atoms with Gasteiger partial charge in [0.05, 0.1) is 24.9 Å². The zero-order valence-electron chi connectivity index (χ0n) is 10.3. The molecule has 0 aromatic heterocycles. The number of hydrogen-bond donors (Lipinski definition) is 1. The van der Waals surface area contributed by atoms with Crippen LogP contribution in [0.3, 0.4) is 0 Å². The molecule has 0 spiro atoms. The highest BCUT2D eigenvalue weighted by Gasteiger charge is 2.31. The van der Waals surface area contributed by atoms with Gasteiger partial charge < -0.3 is 14.7 Å². The lowest BCUT2D eigenvalue weighted by atomic mass is 9.92. The number of benzene rings is 1. The first-order chi connectivity index (χ1) is 8.72. The van der Waals surface area contributed by atoms with Crippen LogP contribution in [-0.4, -0.2) is 31.3 Å². The average molecular weight is 245 g/mol. The first-order valence-electron chi connectivity index (χ1n) is 6.10. The Hall–Kier alpha value is -1.97. The molecule has 3 rings (SSSR count). The van der Waals surface area contributed by atoms with Crippen LogP contribution in [0.25, 0.3) is 5.76 Å². The number of aliphatic hydroxyl groups is 1. The molecule has 0 saturated carbocycles. The van der Waals surface area contributed by atoms with E-state index >= 15 is 0 Å². The number of anilines is 1. The second kappa shape index (κ2) is 4.05. The molecule has 1 aromatic rings. The highest BCUT2D eigenvalue weighted by molar-refractivity contribution is 6.00. The van der Waals surface area contributed by atoms with E-state index < -0.39 is 5.97 Å². The number of esters is 1. The van der Waals surface area contributed by atoms with Crippen LogP contribution in [0.2, 0.25) is 0 Å². The molecule has 0 aliphatic carbocycles. The molecule has 0 amide bonds. The number of aliphatic hydroxyl groups excluding tert-OH is 1. The number of ether oxygens (including phenoxy) is 1. The van der Waals surface area contributed by atoms with Crippen LogP contribution < -0.4 is 4.90 Å². The van der Waals surface area contributed by atoms with Gasteiger partial charge >= 0.3 is 5.97 Å². The van der Waals surface area contributed by atoms with E-state index in [0.29, 0.717) is 12.1 Å². The number of methoxy groups -OCH3 is 1. The van der Waals surface area contributed by atoms with Crippen molar-refractivity contribution in [1.82, 2.24) is 0 Å². The van der Waals surface area contributed by atoms with E-state index in [1.807, 2.05) is 12.1 Å². The van der Waals surface area contributed by atoms with Gasteiger partial charge in [-0.15, -0.1) is 0 Å². The third kappa shape index (κ3) is 1.49. The summed E-state index contributed by atoms with van der Waals surface area (Å²) in [6.07, 6.45) is 2.10. The molecule has 0 bridgehead atoms. The van der Waals surface area contributed by atoms with Gasteiger partial charge in [0.2, 0.25) is 0 Å². The summed E-state index contributed by atoms with van der Waals surface area (Å²) in [5.74, 6) is -0.383. The second-order valence-electron chi connectivity index (χ2n) is 4.66. The third-order valence-corrected chi connectivity index (χ3v) is 3.63. The molecule has 1 N–H and O–H groups in total. The second-order valence-corrected chi connectivity index (χ2v) is 4.66. The van der Waals surface area contributed by atoms with Crippen LogP contribution in [0.4, 0.5) is 5.69 Å². The largest absolute Gasteiger partial charge is 0.507 e. The van der Waals surface area contributed by atoms with Crippen molar-refractivity contribution in [2.24, 2.45) is 0 Å². The van der Waals surface area contributed by atoms with Crippen LogP contribution in [-0.2, 0) is 16.0 Å². The normalized spacial score (nSPS) is 17.5. The molecule has 4 heteroatoms. The minimum Gasteiger partial charge on any atom is -0.507 e. The Morgan fingerprint density at radius 2 is 2.28 bits per heavy atom. The van der Waals surface area contributed by atoms with Crippen molar-refractivity contribution < 1.29 is 14.6 Å². The van der Waals surface area contributed by atoms with Crippen molar-refractivity contribution in [2.75, 3.05) is 25.1 Å². The summed E-state index contributed by atoms with van der Waals surface area (Å²) in [6.45, 7) is 1.35. The van der Waals surface area contributed by atoms with Crippen LogP contribution in [0.1, 0.15) is 17.5 Å². The first-order valence-corrected chi connectivity index (χ1v) is 6.10. The fourth-order valence-electron chi connectivity index (χ4n) is 2.80. The summed E-state index contributed by atoms with van der Waals surface area (Å²) >= 11 is 0. The molecule has 0 atom stereocenters. The van der Waals surface area contributed by atoms with Crippen LogP contribution >= 0.6 is 0 Å². The van der Waals surface area contributed by atoms with Crippen molar-refractivity contribution in [3.05, 3.63) is 34.9 Å². The predicted octanol–water partition coefficient (Wildman–Crippen LogP) is 1.89. The lowest BCUT2D eigenvalue weighted by Crippen LogP contribution is -2.37. The average Bonchev–Trinajstić information content (AvgIpc) is 2.42. The van der Waals surface area contributed by atoms with Crippen LogP contribution in [0.5, 0.6) is 0 Å². The molecule has 94 valence electrons. The number of nitrogens with zero attached hydrogens (tertiary/aromatic N) is 1. The fourth-order valence-corrected chi connectivity index (χ4v) is 2.80. The van der Waals surface area contributed by atoms with Gasteiger partial charge in [0.1, 0.15) is 5.76 Å². The zero-order chi connectivity index (χ0) is 12.7. The molecule has 0 unspecified atom stereocenters. The van der Waals surface area contributed by atoms with E-state index in [1.54, 1.807) is 0 Å². The van der Waals surface area contributed by atoms with Gasteiger partial charge in [-0.2, -0.15) is 0 Å². The minimum absolute atomic E-state index is 0.0665. The highest BCUT2D eigenvalue weighted by atomic mass is 16.5. The maximum Gasteiger partial charge on any atom is 0.339 e. The molecule has 1 aromatic carbocycles. The summed E-state index contributed by atoms with van der Waals surface area (Å²) in [5.41, 5.74) is 3.42. The van der Waals surface area contributed by atoms with E-state index in [9.17, 15) is 9.90 Å². The van der Waals surface area contributed by atoms with Gasteiger partial charge in [0.25, 0.3) is 0 Å². The van der Waals surface area contributed by atoms with Crippen molar-refractivity contribution in [3.63, 3.8) is 0 Å². The molecule has 0 fully saturated rings. The lowest BCUT2D eigenvalue weighted by Gasteiger charge is -2.36. The summed E-state index contributed by atoms with van der Waals surface area (Å²) in [5, 5.41) is 10.2. The topological polar surface area (TPSA) is 49.8 Å². The molecule has 2 aliphatic heterocycles. The molecular formula is C14H15NO3. The van der Waals surface area contributed by atoms with Crippen molar-refractivity contribution in [3.8, 4) is 0 Å². The number of rotatable bonds is 1. The summed E-state index contributed by atoms with van der Waals surface area (Å²) in [7, 11) is 1.34. The molecule has 0 radical (unpaired) electrons. The summed E-state index contributed by atoms with van der Waals surface area (Å²) < 4.78 is 4.73. The quantitative estimate of drug-likeness (QED) is 0.768. The number of para-hydroxylation sites is 1. The standard InChI is InChI=1S/C14H15NO3/c1-18-14(17)11-8-15-7-3-5-9-4-2-6-10(12(9)15)13(11)16/h2,4,6,16H,3,5,7-8H2,1H3. The Bertz CT molecular complexity index is 548. The maximum atomic E-state index is 11.7. The number of aryl methyl sites for hydroxylation is 1. The Kier molecular flexibility index (Phi) is 2.51. The van der Waals surface area contributed by atoms with Gasteiger partial charge in [-0.25, -0.2) is 4.79 Å². The van der Waals surface area contributed by atoms with Crippen molar-refractivity contribution >= 4 is 17.4 Å². The number of carbonyl (C=O) groups excluding carboxylic acids is 1. The Balaban J connectivity index is 2.18. The number of carbonyl (C=O) groups is 1. The van der Waals surface area contributed by atoms with Crippen molar-refractivity contribution in [1.29, 1.82) is 0 Å². The monoisotopic (exact) mass is 245 g/mol. The number of hydrogen-bond acceptors (Lipinski definition) is 4. The molecule has 2 aliphatic rings. The maximum absolute atomic E-state index is 11.7. The van der Waals surface area contributed by atoms with E-state index in [2.05, 4.69) is 11.0 Å². The smallest absolute Gasteiger partial charge is 0.339 e. The molecule has 2 heterocycles. The molecule has 4 nitrogen and oxygen atoms in total. The van der Waals surface area contributed by atoms with Crippen molar-refractivity contribution in [2.45, 2.75) is 12.8 Å². The third-order valence-electron chi connectivity index (χ3n) is 3.63. The predicted molar refractivity (Wildman–Crippen MR) is 68.5 cm³/mol. The lowest BCUT2D eigenvalue weighted by molar-refractivity contribution is -0.136. The highest BCUT2D eigenvalue weighted by Crippen LogP contribution is 2.39. The Labute approximate surface area is 105 Å². The van der Waals surface area contributed by atoms with Gasteiger partial charge in [0.15, 0.2) is 0 Å². The Morgan fingerprint density at radius 3 is 3.06 bits per heavy atom. The van der Waals surface area contributed by atoms with Crippen LogP contribution in [0, 0.1) is 0 Å². The first kappa shape index (κ1) is 11.1. The van der Waals surface area contributed by atoms with E-state index in [0.717, 1.165) is 30.6 Å². The fraction of sp³-hybridized carbons (Fsp3) is 0.357. The summed E-state index contributed by atoms with van der Waals surface area (Å²) in [6, 6.07) is 5.87. The van der Waals surface area contributed by atoms with Gasteiger partial charge in [0, 0.05) is 12.1 Å². The molecule has 18 heavy (non-hydrogen) atoms. The zero-order valence-corrected chi connectivity index (χ0v) is 10.3. The van der Waals surface area contributed by atoms with Gasteiger partial charge in [-0.1, -0.05) is 12.1 Å². The summed E-state index contributed by atoms with van der Waals surface area (Å²) in [4.78, 5) is 13.8. The SMILES string of the molecule is COC(=O)C1=C(O)c2cccc3c2N(CCC3)C1. The molecule has 0 saturated heterocycles. The Morgan fingerprint density at radius 1 is 1.44 bits per heavy atom. The molecular weight excluding hydrogens is 230 g/mol. The van der Waals surface area contributed by atoms with Gasteiger partial charge in [-0.3, -0.25) is 0 Å².